The zero-order valence-electron chi connectivity index (χ0n) is 26.0. The van der Waals surface area contributed by atoms with Crippen molar-refractivity contribution in [1.82, 2.24) is 20.2 Å². The third-order valence-electron chi connectivity index (χ3n) is 10.8. The predicted octanol–water partition coefficient (Wildman–Crippen LogP) is 6.61. The minimum absolute atomic E-state index is 0.0297. The number of benzene rings is 1. The lowest BCUT2D eigenvalue weighted by Crippen LogP contribution is -2.64. The minimum atomic E-state index is -4.94. The molecular weight excluding hydrogens is 569 g/mol. The number of fused-ring (bicyclic) bond motifs is 1. The third kappa shape index (κ3) is 6.20. The summed E-state index contributed by atoms with van der Waals surface area (Å²) in [5, 5.41) is 6.19. The van der Waals surface area contributed by atoms with Gasteiger partial charge in [-0.2, -0.15) is 13.2 Å². The molecular formula is C34H45F3N4O3. The van der Waals surface area contributed by atoms with Crippen LogP contribution in [0.5, 0.6) is 0 Å². The molecule has 1 aliphatic heterocycles. The average molecular weight is 615 g/mol. The van der Waals surface area contributed by atoms with Gasteiger partial charge in [0.25, 0.3) is 5.56 Å². The first-order valence-corrected chi connectivity index (χ1v) is 16.5. The van der Waals surface area contributed by atoms with Crippen LogP contribution in [0.15, 0.2) is 23.0 Å². The number of hydrogen-bond acceptors (Lipinski definition) is 5. The molecule has 5 aliphatic rings. The first-order valence-electron chi connectivity index (χ1n) is 16.5. The summed E-state index contributed by atoms with van der Waals surface area (Å²) in [6.45, 7) is 6.09. The molecule has 1 aromatic heterocycles. The second-order valence-electron chi connectivity index (χ2n) is 15.1. The Bertz CT molecular complexity index is 1480. The molecule has 0 radical (unpaired) electrons. The Kier molecular flexibility index (Phi) is 8.21. The molecule has 1 aromatic carbocycles. The number of imide groups is 1. The van der Waals surface area contributed by atoms with Crippen molar-refractivity contribution in [3.63, 3.8) is 0 Å². The molecule has 2 amide bonds. The van der Waals surface area contributed by atoms with E-state index in [2.05, 4.69) is 29.5 Å². The number of halogens is 3. The van der Waals surface area contributed by atoms with Crippen LogP contribution in [0.25, 0.3) is 10.9 Å². The van der Waals surface area contributed by atoms with E-state index < -0.39 is 35.4 Å². The summed E-state index contributed by atoms with van der Waals surface area (Å²) in [4.78, 5) is 41.5. The van der Waals surface area contributed by atoms with Gasteiger partial charge < -0.3 is 5.32 Å². The highest BCUT2D eigenvalue weighted by Gasteiger charge is 2.59. The molecule has 7 nitrogen and oxygen atoms in total. The standard InChI is InChI=1S/C34H45F3N4O3/c1-31-16-22-17-32(2,19-31)21-33(18-22,20-31)38-15-8-6-4-3-5-7-10-23-11-9-12-24-27(23)29(44)41(30(39-24)34(35,36)37)25-13-14-26(42)40-28(25)43/h9,11-12,22,25,38H,3-8,10,13-21H2,1-2H3,(H,40,42,43)/t22?,25-,31?,32?,33?/m0/s1. The molecule has 2 heterocycles. The Hall–Kier alpha value is -2.75. The summed E-state index contributed by atoms with van der Waals surface area (Å²) in [5.74, 6) is -2.00. The molecule has 3 atom stereocenters. The molecule has 2 aromatic rings. The lowest BCUT2D eigenvalue weighted by atomic mass is 9.43. The fourth-order valence-corrected chi connectivity index (χ4v) is 10.1. The van der Waals surface area contributed by atoms with Crippen molar-refractivity contribution in [2.75, 3.05) is 6.54 Å². The van der Waals surface area contributed by atoms with Gasteiger partial charge in [0.05, 0.1) is 10.9 Å². The second kappa shape index (κ2) is 11.6. The maximum absolute atomic E-state index is 14.0. The van der Waals surface area contributed by atoms with Crippen molar-refractivity contribution in [2.45, 2.75) is 128 Å². The Morgan fingerprint density at radius 2 is 1.64 bits per heavy atom. The fraction of sp³-hybridized carbons (Fsp3) is 0.706. The number of alkyl halides is 3. The van der Waals surface area contributed by atoms with Crippen molar-refractivity contribution in [3.05, 3.63) is 39.9 Å². The number of nitrogens with one attached hydrogen (secondary N) is 2. The van der Waals surface area contributed by atoms with Crippen molar-refractivity contribution < 1.29 is 22.8 Å². The molecule has 4 aliphatic carbocycles. The Labute approximate surface area is 256 Å². The zero-order chi connectivity index (χ0) is 31.3. The van der Waals surface area contributed by atoms with E-state index in [1.165, 1.54) is 44.6 Å². The van der Waals surface area contributed by atoms with Gasteiger partial charge in [0.15, 0.2) is 0 Å². The van der Waals surface area contributed by atoms with Crippen LogP contribution in [-0.2, 0) is 22.2 Å². The van der Waals surface area contributed by atoms with Gasteiger partial charge in [-0.25, -0.2) is 4.98 Å². The van der Waals surface area contributed by atoms with Crippen LogP contribution >= 0.6 is 0 Å². The summed E-state index contributed by atoms with van der Waals surface area (Å²) in [5.41, 5.74) is 1.09. The monoisotopic (exact) mass is 614 g/mol. The highest BCUT2D eigenvalue weighted by molar-refractivity contribution is 5.99. The fourth-order valence-electron chi connectivity index (χ4n) is 10.1. The molecule has 44 heavy (non-hydrogen) atoms. The van der Waals surface area contributed by atoms with Gasteiger partial charge in [0.1, 0.15) is 6.04 Å². The quantitative estimate of drug-likeness (QED) is 0.219. The van der Waals surface area contributed by atoms with Crippen LogP contribution in [0.3, 0.4) is 0 Å². The van der Waals surface area contributed by atoms with Crippen molar-refractivity contribution in [3.8, 4) is 0 Å². The molecule has 1 saturated heterocycles. The number of unbranched alkanes of at least 4 members (excludes halogenated alkanes) is 5. The maximum Gasteiger partial charge on any atom is 0.449 e. The highest BCUT2D eigenvalue weighted by Crippen LogP contribution is 2.66. The number of aryl methyl sites for hydroxylation is 1. The van der Waals surface area contributed by atoms with Gasteiger partial charge in [-0.1, -0.05) is 51.7 Å². The van der Waals surface area contributed by atoms with E-state index >= 15 is 0 Å². The number of piperidine rings is 1. The molecule has 4 saturated carbocycles. The van der Waals surface area contributed by atoms with Crippen molar-refractivity contribution in [2.24, 2.45) is 16.7 Å². The second-order valence-corrected chi connectivity index (χ2v) is 15.1. The number of aromatic nitrogens is 2. The lowest BCUT2D eigenvalue weighted by Gasteiger charge is -2.65. The molecule has 10 heteroatoms. The van der Waals surface area contributed by atoms with Crippen molar-refractivity contribution >= 4 is 22.7 Å². The zero-order valence-corrected chi connectivity index (χ0v) is 26.0. The van der Waals surface area contributed by atoms with E-state index in [1.807, 2.05) is 0 Å². The van der Waals surface area contributed by atoms with Gasteiger partial charge >= 0.3 is 6.18 Å². The van der Waals surface area contributed by atoms with E-state index in [-0.39, 0.29) is 23.7 Å². The average Bonchev–Trinajstić information content (AvgIpc) is 2.90. The SMILES string of the molecule is CC12CC3CC(C)(C1)CC(NCCCCCCCCc1cccc4nc(C(F)(F)F)n([C@H]5CCC(=O)NC5=O)c(=O)c14)(C3)C2. The summed E-state index contributed by atoms with van der Waals surface area (Å²) >= 11 is 0. The first kappa shape index (κ1) is 31.2. The van der Waals surface area contributed by atoms with E-state index in [4.69, 9.17) is 0 Å². The van der Waals surface area contributed by atoms with Crippen LogP contribution in [0.1, 0.15) is 121 Å². The minimum Gasteiger partial charge on any atom is -0.311 e. The van der Waals surface area contributed by atoms with Gasteiger partial charge in [0, 0.05) is 12.0 Å². The largest absolute Gasteiger partial charge is 0.449 e. The van der Waals surface area contributed by atoms with Gasteiger partial charge in [-0.15, -0.1) is 0 Å². The molecule has 2 N–H and O–H groups in total. The van der Waals surface area contributed by atoms with E-state index in [0.717, 1.165) is 51.0 Å². The van der Waals surface area contributed by atoms with Gasteiger partial charge in [-0.3, -0.25) is 24.3 Å². The molecule has 4 bridgehead atoms. The number of nitrogens with zero attached hydrogens (tertiary/aromatic N) is 2. The number of hydrogen-bond donors (Lipinski definition) is 2. The van der Waals surface area contributed by atoms with Crippen molar-refractivity contribution in [1.29, 1.82) is 0 Å². The van der Waals surface area contributed by atoms with E-state index in [9.17, 15) is 27.6 Å². The summed E-state index contributed by atoms with van der Waals surface area (Å²) < 4.78 is 42.4. The molecule has 2 unspecified atom stereocenters. The highest BCUT2D eigenvalue weighted by atomic mass is 19.4. The third-order valence-corrected chi connectivity index (χ3v) is 10.8. The number of amides is 2. The smallest absolute Gasteiger partial charge is 0.311 e. The molecule has 0 spiro atoms. The van der Waals surface area contributed by atoms with E-state index in [0.29, 0.717) is 32.9 Å². The summed E-state index contributed by atoms with van der Waals surface area (Å²) in [6.07, 6.45) is 9.75. The topological polar surface area (TPSA) is 93.1 Å². The van der Waals surface area contributed by atoms with E-state index in [1.54, 1.807) is 12.1 Å². The Morgan fingerprint density at radius 1 is 0.955 bits per heavy atom. The number of carbonyl (C=O) groups is 2. The van der Waals surface area contributed by atoms with Crippen LogP contribution in [0.2, 0.25) is 0 Å². The van der Waals surface area contributed by atoms with Gasteiger partial charge in [0.2, 0.25) is 17.6 Å². The number of rotatable bonds is 11. The predicted molar refractivity (Wildman–Crippen MR) is 162 cm³/mol. The summed E-state index contributed by atoms with van der Waals surface area (Å²) in [7, 11) is 0. The first-order chi connectivity index (χ1) is 20.8. The number of carbonyl (C=O) groups excluding carboxylic acids is 2. The Balaban J connectivity index is 1.02. The molecule has 5 fully saturated rings. The van der Waals surface area contributed by atoms with Crippen LogP contribution < -0.4 is 16.2 Å². The van der Waals surface area contributed by atoms with Gasteiger partial charge in [-0.05, 0) is 99.1 Å². The maximum atomic E-state index is 14.0. The van der Waals surface area contributed by atoms with Crippen LogP contribution in [0, 0.1) is 16.7 Å². The summed E-state index contributed by atoms with van der Waals surface area (Å²) in [6, 6.07) is 3.34. The van der Waals surface area contributed by atoms with Crippen LogP contribution in [-0.4, -0.2) is 33.4 Å². The normalized spacial score (nSPS) is 31.6. The molecule has 7 rings (SSSR count). The molecule has 240 valence electrons. The van der Waals surface area contributed by atoms with Crippen LogP contribution in [0.4, 0.5) is 13.2 Å². The lowest BCUT2D eigenvalue weighted by molar-refractivity contribution is -0.150. The Morgan fingerprint density at radius 3 is 2.30 bits per heavy atom.